The molecule has 2 aromatic rings. The van der Waals surface area contributed by atoms with Crippen molar-refractivity contribution in [2.45, 2.75) is 32.7 Å². The van der Waals surface area contributed by atoms with Crippen molar-refractivity contribution < 1.29 is 31.8 Å². The van der Waals surface area contributed by atoms with Crippen LogP contribution in [0.3, 0.4) is 0 Å². The summed E-state index contributed by atoms with van der Waals surface area (Å²) in [5, 5.41) is -0.125. The summed E-state index contributed by atoms with van der Waals surface area (Å²) in [5.41, 5.74) is 0.355. The van der Waals surface area contributed by atoms with E-state index in [4.69, 9.17) is 27.9 Å². The van der Waals surface area contributed by atoms with Crippen molar-refractivity contribution in [3.63, 3.8) is 0 Å². The van der Waals surface area contributed by atoms with Crippen molar-refractivity contribution in [1.82, 2.24) is 4.72 Å². The number of anilines is 1. The summed E-state index contributed by atoms with van der Waals surface area (Å²) in [6, 6.07) is 5.98. The van der Waals surface area contributed by atoms with E-state index in [-0.39, 0.29) is 34.0 Å². The highest BCUT2D eigenvalue weighted by Gasteiger charge is 2.32. The summed E-state index contributed by atoms with van der Waals surface area (Å²) in [7, 11) is 0. The minimum atomic E-state index is -4.85. The molecule has 1 unspecified atom stereocenters. The number of nitrogens with one attached hydrogen (secondary N) is 1. The summed E-state index contributed by atoms with van der Waals surface area (Å²) in [6.07, 6.45) is -2.63. The number of nitrogens with zero attached hydrogens (tertiary/aromatic N) is 1. The fraction of sp³-hybridized carbons (Fsp3) is 0.381. The molecule has 0 bridgehead atoms. The zero-order valence-electron chi connectivity index (χ0n) is 17.9. The molecule has 1 N–H and O–H groups in total. The van der Waals surface area contributed by atoms with Gasteiger partial charge < -0.3 is 14.4 Å². The summed E-state index contributed by atoms with van der Waals surface area (Å²) >= 11 is 13.2. The Hall–Kier alpha value is -2.04. The molecule has 0 fully saturated rings. The molecule has 0 aliphatic heterocycles. The van der Waals surface area contributed by atoms with E-state index in [9.17, 15) is 22.4 Å². The van der Waals surface area contributed by atoms with Crippen molar-refractivity contribution in [1.29, 1.82) is 0 Å². The number of rotatable bonds is 10. The Balaban J connectivity index is 2.18. The van der Waals surface area contributed by atoms with Gasteiger partial charge >= 0.3 is 6.36 Å². The van der Waals surface area contributed by atoms with Crippen LogP contribution in [0.15, 0.2) is 30.3 Å². The molecule has 33 heavy (non-hydrogen) atoms. The largest absolute Gasteiger partial charge is 0.573 e. The lowest BCUT2D eigenvalue weighted by Gasteiger charge is -2.32. The Labute approximate surface area is 203 Å². The van der Waals surface area contributed by atoms with Gasteiger partial charge in [-0.1, -0.05) is 42.1 Å². The second kappa shape index (κ2) is 11.9. The van der Waals surface area contributed by atoms with Crippen LogP contribution in [0.4, 0.5) is 23.2 Å². The molecule has 0 spiro atoms. The fourth-order valence-electron chi connectivity index (χ4n) is 3.10. The molecule has 1 atom stereocenters. The molecule has 5 nitrogen and oxygen atoms in total. The van der Waals surface area contributed by atoms with Crippen LogP contribution in [0.1, 0.15) is 30.6 Å². The van der Waals surface area contributed by atoms with Gasteiger partial charge in [-0.25, -0.2) is 4.39 Å². The molecule has 2 rings (SSSR count). The maximum absolute atomic E-state index is 14.4. The lowest BCUT2D eigenvalue weighted by atomic mass is 10.1. The molecule has 182 valence electrons. The third-order valence-electron chi connectivity index (χ3n) is 4.62. The number of ether oxygens (including phenoxy) is 2. The molecule has 0 aliphatic rings. The monoisotopic (exact) mass is 528 g/mol. The number of benzene rings is 2. The molecule has 1 amide bonds. The first-order valence-corrected chi connectivity index (χ1v) is 11.8. The Morgan fingerprint density at radius 2 is 1.82 bits per heavy atom. The standard InChI is InChI=1S/C21H22Cl2F4N2O3S/c1-4-12(11-31-19-10-17(24)14(9-16(19)23)20(30)28-33-3)29(5-2)13-6-7-18(15(22)8-13)32-21(25,26)27/h6-10,12H,4-5,11H2,1-3H3,(H,28,30). The number of carbonyl (C=O) groups excluding carboxylic acids is 1. The lowest BCUT2D eigenvalue weighted by molar-refractivity contribution is -0.274. The highest BCUT2D eigenvalue weighted by Crippen LogP contribution is 2.34. The fourth-order valence-corrected chi connectivity index (χ4v) is 3.83. The van der Waals surface area contributed by atoms with E-state index in [1.165, 1.54) is 18.2 Å². The zero-order valence-corrected chi connectivity index (χ0v) is 20.3. The van der Waals surface area contributed by atoms with E-state index in [0.29, 0.717) is 18.7 Å². The second-order valence-electron chi connectivity index (χ2n) is 6.72. The van der Waals surface area contributed by atoms with E-state index in [1.807, 2.05) is 18.7 Å². The predicted molar refractivity (Wildman–Crippen MR) is 123 cm³/mol. The van der Waals surface area contributed by atoms with Gasteiger partial charge in [-0.15, -0.1) is 13.2 Å². The SMILES string of the molecule is CCC(COc1cc(F)c(C(=O)NSC)cc1Cl)N(CC)c1ccc(OC(F)(F)F)c(Cl)c1. The van der Waals surface area contributed by atoms with Crippen LogP contribution >= 0.6 is 35.1 Å². The van der Waals surface area contributed by atoms with Crippen LogP contribution in [0.25, 0.3) is 0 Å². The molecule has 0 saturated carbocycles. The number of likely N-dealkylation sites (N-methyl/N-ethyl adjacent to an activating group) is 1. The number of hydrogen-bond acceptors (Lipinski definition) is 5. The smallest absolute Gasteiger partial charge is 0.490 e. The Morgan fingerprint density at radius 3 is 2.36 bits per heavy atom. The molecular weight excluding hydrogens is 507 g/mol. The number of halogens is 6. The van der Waals surface area contributed by atoms with E-state index in [1.54, 1.807) is 6.26 Å². The first-order chi connectivity index (χ1) is 15.5. The van der Waals surface area contributed by atoms with E-state index in [0.717, 1.165) is 24.1 Å². The maximum atomic E-state index is 14.4. The van der Waals surface area contributed by atoms with Crippen LogP contribution in [0, 0.1) is 5.82 Å². The van der Waals surface area contributed by atoms with E-state index >= 15 is 0 Å². The second-order valence-corrected chi connectivity index (χ2v) is 8.15. The Kier molecular flexibility index (Phi) is 9.81. The van der Waals surface area contributed by atoms with Crippen molar-refractivity contribution >= 4 is 46.7 Å². The minimum Gasteiger partial charge on any atom is -0.490 e. The molecule has 12 heteroatoms. The predicted octanol–water partition coefficient (Wildman–Crippen LogP) is 6.72. The number of alkyl halides is 3. The highest BCUT2D eigenvalue weighted by molar-refractivity contribution is 7.97. The third-order valence-corrected chi connectivity index (χ3v) is 5.60. The van der Waals surface area contributed by atoms with Crippen LogP contribution < -0.4 is 19.1 Å². The number of hydrogen-bond donors (Lipinski definition) is 1. The van der Waals surface area contributed by atoms with Crippen LogP contribution in [0.2, 0.25) is 10.0 Å². The summed E-state index contributed by atoms with van der Waals surface area (Å²) in [4.78, 5) is 13.8. The third kappa shape index (κ3) is 7.48. The first-order valence-electron chi connectivity index (χ1n) is 9.77. The minimum absolute atomic E-state index is 0.0660. The van der Waals surface area contributed by atoms with Gasteiger partial charge in [0.15, 0.2) is 0 Å². The van der Waals surface area contributed by atoms with Gasteiger partial charge in [0.1, 0.15) is 23.9 Å². The van der Waals surface area contributed by atoms with Gasteiger partial charge in [0.05, 0.1) is 21.7 Å². The van der Waals surface area contributed by atoms with Gasteiger partial charge in [-0.3, -0.25) is 9.52 Å². The molecule has 0 aromatic heterocycles. The van der Waals surface area contributed by atoms with Crippen molar-refractivity contribution in [2.24, 2.45) is 0 Å². The van der Waals surface area contributed by atoms with Gasteiger partial charge in [0.2, 0.25) is 0 Å². The van der Waals surface area contributed by atoms with Gasteiger partial charge in [0, 0.05) is 24.6 Å². The van der Waals surface area contributed by atoms with Crippen molar-refractivity contribution in [3.05, 3.63) is 51.8 Å². The van der Waals surface area contributed by atoms with Crippen LogP contribution in [-0.4, -0.2) is 37.7 Å². The first kappa shape index (κ1) is 27.2. The topological polar surface area (TPSA) is 50.8 Å². The van der Waals surface area contributed by atoms with E-state index < -0.39 is 23.8 Å². The average molecular weight is 529 g/mol. The number of amides is 1. The van der Waals surface area contributed by atoms with Gasteiger partial charge in [-0.2, -0.15) is 0 Å². The normalized spacial score (nSPS) is 12.3. The molecule has 0 aliphatic carbocycles. The maximum Gasteiger partial charge on any atom is 0.573 e. The summed E-state index contributed by atoms with van der Waals surface area (Å²) in [6.45, 7) is 4.35. The summed E-state index contributed by atoms with van der Waals surface area (Å²) in [5.74, 6) is -1.84. The average Bonchev–Trinajstić information content (AvgIpc) is 2.73. The van der Waals surface area contributed by atoms with E-state index in [2.05, 4.69) is 9.46 Å². The van der Waals surface area contributed by atoms with Crippen molar-refractivity contribution in [3.8, 4) is 11.5 Å². The molecule has 0 saturated heterocycles. The van der Waals surface area contributed by atoms with Crippen LogP contribution in [0.5, 0.6) is 11.5 Å². The number of carbonyl (C=O) groups is 1. The molecule has 0 radical (unpaired) electrons. The van der Waals surface area contributed by atoms with Crippen LogP contribution in [-0.2, 0) is 0 Å². The van der Waals surface area contributed by atoms with Gasteiger partial charge in [0.25, 0.3) is 5.91 Å². The zero-order chi connectivity index (χ0) is 24.8. The van der Waals surface area contributed by atoms with Crippen molar-refractivity contribution in [2.75, 3.05) is 24.3 Å². The lowest BCUT2D eigenvalue weighted by Crippen LogP contribution is -2.39. The molecular formula is C21H22Cl2F4N2O3S. The quantitative estimate of drug-likeness (QED) is 0.274. The molecule has 0 heterocycles. The Bertz CT molecular complexity index is 979. The Morgan fingerprint density at radius 1 is 1.15 bits per heavy atom. The summed E-state index contributed by atoms with van der Waals surface area (Å²) < 4.78 is 63.9. The highest BCUT2D eigenvalue weighted by atomic mass is 35.5. The molecule has 2 aromatic carbocycles. The van der Waals surface area contributed by atoms with Gasteiger partial charge in [-0.05, 0) is 37.6 Å².